The number of hydrogen-bond donors (Lipinski definition) is 1. The fourth-order valence-electron chi connectivity index (χ4n) is 2.39. The Morgan fingerprint density at radius 3 is 2.57 bits per heavy atom. The average Bonchev–Trinajstić information content (AvgIpc) is 2.61. The van der Waals surface area contributed by atoms with Gasteiger partial charge in [-0.05, 0) is 37.5 Å². The van der Waals surface area contributed by atoms with E-state index in [1.807, 2.05) is 0 Å². The van der Waals surface area contributed by atoms with Gasteiger partial charge < -0.3 is 14.4 Å². The fourth-order valence-corrected chi connectivity index (χ4v) is 2.39. The van der Waals surface area contributed by atoms with E-state index in [1.165, 1.54) is 13.3 Å². The van der Waals surface area contributed by atoms with Gasteiger partial charge in [0.05, 0.1) is 20.4 Å². The molecule has 124 valence electrons. The van der Waals surface area contributed by atoms with E-state index in [-0.39, 0.29) is 0 Å². The molecule has 1 heterocycles. The summed E-state index contributed by atoms with van der Waals surface area (Å²) in [6, 6.07) is 5.22. The Labute approximate surface area is 135 Å². The average molecular weight is 319 g/mol. The molecule has 7 heteroatoms. The van der Waals surface area contributed by atoms with Crippen LogP contribution in [-0.4, -0.2) is 50.2 Å². The number of hydrazone groups is 1. The first-order chi connectivity index (χ1) is 11.2. The van der Waals surface area contributed by atoms with Gasteiger partial charge in [-0.1, -0.05) is 0 Å². The van der Waals surface area contributed by atoms with Crippen molar-refractivity contribution >= 4 is 18.0 Å². The summed E-state index contributed by atoms with van der Waals surface area (Å²) in [7, 11) is 3.10. The number of rotatable bonds is 4. The number of piperidine rings is 1. The number of carbonyl (C=O) groups is 2. The van der Waals surface area contributed by atoms with Gasteiger partial charge in [-0.25, -0.2) is 5.43 Å². The van der Waals surface area contributed by atoms with Crippen molar-refractivity contribution in [1.82, 2.24) is 10.3 Å². The van der Waals surface area contributed by atoms with Crippen molar-refractivity contribution in [3.63, 3.8) is 0 Å². The summed E-state index contributed by atoms with van der Waals surface area (Å²) in [5.74, 6) is -0.0430. The van der Waals surface area contributed by atoms with Crippen molar-refractivity contribution in [3.05, 3.63) is 23.8 Å². The summed E-state index contributed by atoms with van der Waals surface area (Å²) in [4.78, 5) is 25.4. The summed E-state index contributed by atoms with van der Waals surface area (Å²) < 4.78 is 10.3. The predicted octanol–water partition coefficient (Wildman–Crippen LogP) is 1.17. The molecule has 1 aromatic carbocycles. The highest BCUT2D eigenvalue weighted by atomic mass is 16.5. The molecule has 1 fully saturated rings. The Bertz CT molecular complexity index is 595. The third kappa shape index (κ3) is 4.45. The van der Waals surface area contributed by atoms with Gasteiger partial charge in [0.15, 0.2) is 0 Å². The van der Waals surface area contributed by atoms with Crippen molar-refractivity contribution in [2.75, 3.05) is 27.3 Å². The molecule has 1 aliphatic heterocycles. The number of benzene rings is 1. The first kappa shape index (κ1) is 16.8. The quantitative estimate of drug-likeness (QED) is 0.513. The Morgan fingerprint density at radius 1 is 1.17 bits per heavy atom. The van der Waals surface area contributed by atoms with Crippen LogP contribution in [0.25, 0.3) is 0 Å². The van der Waals surface area contributed by atoms with Crippen molar-refractivity contribution < 1.29 is 19.1 Å². The number of amides is 2. The van der Waals surface area contributed by atoms with Crippen LogP contribution >= 0.6 is 0 Å². The maximum atomic E-state index is 12.0. The molecule has 0 radical (unpaired) electrons. The summed E-state index contributed by atoms with van der Waals surface area (Å²) in [6.45, 7) is 1.25. The van der Waals surface area contributed by atoms with Gasteiger partial charge in [-0.3, -0.25) is 9.59 Å². The lowest BCUT2D eigenvalue weighted by molar-refractivity contribution is -0.146. The lowest BCUT2D eigenvalue weighted by Gasteiger charge is -2.25. The molecule has 0 unspecified atom stereocenters. The van der Waals surface area contributed by atoms with Crippen LogP contribution in [0.2, 0.25) is 0 Å². The fraction of sp³-hybridized carbons (Fsp3) is 0.438. The molecule has 23 heavy (non-hydrogen) atoms. The van der Waals surface area contributed by atoms with E-state index in [4.69, 9.17) is 9.47 Å². The number of nitrogens with zero attached hydrogens (tertiary/aromatic N) is 2. The minimum atomic E-state index is -0.731. The second-order valence-electron chi connectivity index (χ2n) is 5.16. The lowest BCUT2D eigenvalue weighted by atomic mass is 10.1. The van der Waals surface area contributed by atoms with E-state index in [1.54, 1.807) is 30.2 Å². The number of hydrogen-bond acceptors (Lipinski definition) is 5. The number of nitrogens with one attached hydrogen (secondary N) is 1. The molecule has 0 saturated carbocycles. The first-order valence-electron chi connectivity index (χ1n) is 7.50. The molecule has 7 nitrogen and oxygen atoms in total. The Balaban J connectivity index is 1.97. The number of ether oxygens (including phenoxy) is 2. The molecular formula is C16H21N3O4. The van der Waals surface area contributed by atoms with E-state index in [2.05, 4.69) is 10.5 Å². The standard InChI is InChI=1S/C16H21N3O4/c1-22-13-6-7-14(23-2)12(10-13)11-17-18-15(20)16(21)19-8-4-3-5-9-19/h6-7,10-11H,3-5,8-9H2,1-2H3,(H,18,20)/b17-11-. The van der Waals surface area contributed by atoms with Crippen molar-refractivity contribution in [2.24, 2.45) is 5.10 Å². The molecule has 1 saturated heterocycles. The molecule has 0 spiro atoms. The summed E-state index contributed by atoms with van der Waals surface area (Å²) >= 11 is 0. The third-order valence-corrected chi connectivity index (χ3v) is 3.64. The SMILES string of the molecule is COc1ccc(OC)c(/C=N\NC(=O)C(=O)N2CCCCC2)c1. The van der Waals surface area contributed by atoms with Gasteiger partial charge in [0.25, 0.3) is 0 Å². The Hall–Kier alpha value is -2.57. The molecule has 2 rings (SSSR count). The first-order valence-corrected chi connectivity index (χ1v) is 7.50. The van der Waals surface area contributed by atoms with E-state index >= 15 is 0 Å². The van der Waals surface area contributed by atoms with E-state index < -0.39 is 11.8 Å². The zero-order chi connectivity index (χ0) is 16.7. The molecular weight excluding hydrogens is 298 g/mol. The molecule has 2 amide bonds. The zero-order valence-corrected chi connectivity index (χ0v) is 13.4. The Morgan fingerprint density at radius 2 is 1.91 bits per heavy atom. The second kappa shape index (κ2) is 8.17. The Kier molecular flexibility index (Phi) is 5.96. The predicted molar refractivity (Wildman–Crippen MR) is 85.7 cm³/mol. The summed E-state index contributed by atoms with van der Waals surface area (Å²) in [6.07, 6.45) is 4.38. The van der Waals surface area contributed by atoms with Crippen LogP contribution < -0.4 is 14.9 Å². The molecule has 0 aromatic heterocycles. The monoisotopic (exact) mass is 319 g/mol. The summed E-state index contributed by atoms with van der Waals surface area (Å²) in [5, 5.41) is 3.83. The summed E-state index contributed by atoms with van der Waals surface area (Å²) in [5.41, 5.74) is 2.90. The van der Waals surface area contributed by atoms with Crippen molar-refractivity contribution in [2.45, 2.75) is 19.3 Å². The number of likely N-dealkylation sites (tertiary alicyclic amines) is 1. The highest BCUT2D eigenvalue weighted by Crippen LogP contribution is 2.22. The van der Waals surface area contributed by atoms with Crippen LogP contribution in [0.5, 0.6) is 11.5 Å². The van der Waals surface area contributed by atoms with E-state index in [0.29, 0.717) is 30.2 Å². The van der Waals surface area contributed by atoms with Crippen molar-refractivity contribution in [1.29, 1.82) is 0 Å². The van der Waals surface area contributed by atoms with Gasteiger partial charge in [-0.15, -0.1) is 0 Å². The minimum Gasteiger partial charge on any atom is -0.497 e. The van der Waals surface area contributed by atoms with Gasteiger partial charge in [0, 0.05) is 18.7 Å². The maximum absolute atomic E-state index is 12.0. The largest absolute Gasteiger partial charge is 0.497 e. The zero-order valence-electron chi connectivity index (χ0n) is 13.4. The van der Waals surface area contributed by atoms with Crippen molar-refractivity contribution in [3.8, 4) is 11.5 Å². The van der Waals surface area contributed by atoms with E-state index in [9.17, 15) is 9.59 Å². The number of methoxy groups -OCH3 is 2. The molecule has 1 aromatic rings. The molecule has 0 atom stereocenters. The van der Waals surface area contributed by atoms with Gasteiger partial charge >= 0.3 is 11.8 Å². The van der Waals surface area contributed by atoms with Crippen LogP contribution in [0.1, 0.15) is 24.8 Å². The lowest BCUT2D eigenvalue weighted by Crippen LogP contribution is -2.43. The van der Waals surface area contributed by atoms with E-state index in [0.717, 1.165) is 19.3 Å². The van der Waals surface area contributed by atoms with Crippen LogP contribution in [0.4, 0.5) is 0 Å². The van der Waals surface area contributed by atoms with Gasteiger partial charge in [0.1, 0.15) is 11.5 Å². The highest BCUT2D eigenvalue weighted by molar-refractivity contribution is 6.35. The number of carbonyl (C=O) groups excluding carboxylic acids is 2. The molecule has 1 N–H and O–H groups in total. The van der Waals surface area contributed by atoms with Crippen LogP contribution in [0, 0.1) is 0 Å². The van der Waals surface area contributed by atoms with Crippen LogP contribution in [0.3, 0.4) is 0 Å². The third-order valence-electron chi connectivity index (χ3n) is 3.64. The smallest absolute Gasteiger partial charge is 0.329 e. The molecule has 1 aliphatic rings. The molecule has 0 bridgehead atoms. The molecule has 0 aliphatic carbocycles. The maximum Gasteiger partial charge on any atom is 0.329 e. The van der Waals surface area contributed by atoms with Crippen LogP contribution in [-0.2, 0) is 9.59 Å². The highest BCUT2D eigenvalue weighted by Gasteiger charge is 2.22. The van der Waals surface area contributed by atoms with Gasteiger partial charge in [0.2, 0.25) is 0 Å². The minimum absolute atomic E-state index is 0.542. The van der Waals surface area contributed by atoms with Gasteiger partial charge in [-0.2, -0.15) is 5.10 Å². The topological polar surface area (TPSA) is 80.2 Å². The normalized spacial score (nSPS) is 14.6. The second-order valence-corrected chi connectivity index (χ2v) is 5.16. The van der Waals surface area contributed by atoms with Crippen LogP contribution in [0.15, 0.2) is 23.3 Å².